The highest BCUT2D eigenvalue weighted by atomic mass is 32.2. The average molecular weight is 407 g/mol. The highest BCUT2D eigenvalue weighted by Gasteiger charge is 2.22. The number of nitrogens with one attached hydrogen (secondary N) is 1. The van der Waals surface area contributed by atoms with E-state index in [0.717, 1.165) is 23.7 Å². The maximum Gasteiger partial charge on any atom is 0.234 e. The van der Waals surface area contributed by atoms with Crippen molar-refractivity contribution in [3.63, 3.8) is 0 Å². The smallest absolute Gasteiger partial charge is 0.234 e. The molecule has 2 aliphatic rings. The number of rotatable bonds is 5. The molecule has 1 N–H and O–H groups in total. The molecule has 6 nitrogen and oxygen atoms in total. The first kappa shape index (κ1) is 18.1. The molecule has 1 aromatic heterocycles. The van der Waals surface area contributed by atoms with Crippen LogP contribution < -0.4 is 14.8 Å². The predicted molar refractivity (Wildman–Crippen MR) is 112 cm³/mol. The van der Waals surface area contributed by atoms with Crippen molar-refractivity contribution in [1.29, 1.82) is 0 Å². The number of carbonyl (C=O) groups is 1. The molecule has 1 amide bonds. The van der Waals surface area contributed by atoms with Gasteiger partial charge in [-0.05, 0) is 49.9 Å². The fourth-order valence-electron chi connectivity index (χ4n) is 3.76. The molecule has 0 unspecified atom stereocenters. The molecular formula is C22H21N3O3S. The Labute approximate surface area is 173 Å². The van der Waals surface area contributed by atoms with Crippen LogP contribution in [0.15, 0.2) is 53.7 Å². The molecular weight excluding hydrogens is 386 g/mol. The molecule has 3 aromatic rings. The standard InChI is InChI=1S/C22H21N3O3S/c26-21(23-15-10-11-19-20(12-15)28-14-27-19)13-29-22-24-17-8-4-5-9-18(17)25(22)16-6-2-1-3-7-16/h1-3,6-7,10-12H,4-5,8-9,13-14H2,(H,23,26). The lowest BCUT2D eigenvalue weighted by molar-refractivity contribution is -0.113. The van der Waals surface area contributed by atoms with Gasteiger partial charge in [0.05, 0.1) is 11.4 Å². The first-order chi connectivity index (χ1) is 14.3. The molecule has 0 bridgehead atoms. The van der Waals surface area contributed by atoms with Gasteiger partial charge >= 0.3 is 0 Å². The van der Waals surface area contributed by atoms with Gasteiger partial charge in [0.1, 0.15) is 0 Å². The second kappa shape index (κ2) is 7.83. The maximum absolute atomic E-state index is 12.5. The number of amides is 1. The first-order valence-corrected chi connectivity index (χ1v) is 10.7. The van der Waals surface area contributed by atoms with Gasteiger partial charge in [-0.3, -0.25) is 9.36 Å². The minimum atomic E-state index is -0.0746. The fourth-order valence-corrected chi connectivity index (χ4v) is 4.61. The molecule has 0 radical (unpaired) electrons. The molecule has 0 spiro atoms. The van der Waals surface area contributed by atoms with E-state index in [2.05, 4.69) is 22.0 Å². The van der Waals surface area contributed by atoms with E-state index in [4.69, 9.17) is 14.5 Å². The van der Waals surface area contributed by atoms with Crippen LogP contribution in [-0.4, -0.2) is 28.0 Å². The Morgan fingerprint density at radius 3 is 2.79 bits per heavy atom. The molecule has 148 valence electrons. The van der Waals surface area contributed by atoms with Crippen LogP contribution in [0.4, 0.5) is 5.69 Å². The highest BCUT2D eigenvalue weighted by molar-refractivity contribution is 7.99. The van der Waals surface area contributed by atoms with E-state index in [0.29, 0.717) is 17.2 Å². The first-order valence-electron chi connectivity index (χ1n) is 9.76. The summed E-state index contributed by atoms with van der Waals surface area (Å²) in [6, 6.07) is 15.7. The van der Waals surface area contributed by atoms with E-state index in [1.54, 1.807) is 12.1 Å². The van der Waals surface area contributed by atoms with Crippen molar-refractivity contribution in [2.24, 2.45) is 0 Å². The SMILES string of the molecule is O=C(CSc1nc2c(n1-c1ccccc1)CCCC2)Nc1ccc2c(c1)OCO2. The van der Waals surface area contributed by atoms with Crippen LogP contribution in [0.25, 0.3) is 5.69 Å². The summed E-state index contributed by atoms with van der Waals surface area (Å²) in [4.78, 5) is 17.4. The lowest BCUT2D eigenvalue weighted by atomic mass is 10.0. The van der Waals surface area contributed by atoms with Crippen LogP contribution in [-0.2, 0) is 17.6 Å². The Morgan fingerprint density at radius 1 is 1.07 bits per heavy atom. The summed E-state index contributed by atoms with van der Waals surface area (Å²) in [5, 5.41) is 3.81. The number of hydrogen-bond acceptors (Lipinski definition) is 5. The van der Waals surface area contributed by atoms with Crippen LogP contribution in [0.5, 0.6) is 11.5 Å². The minimum Gasteiger partial charge on any atom is -0.454 e. The van der Waals surface area contributed by atoms with Crippen LogP contribution in [0.1, 0.15) is 24.2 Å². The van der Waals surface area contributed by atoms with E-state index in [1.807, 2.05) is 24.3 Å². The van der Waals surface area contributed by atoms with E-state index in [9.17, 15) is 4.79 Å². The number of ether oxygens (including phenoxy) is 2. The number of imidazole rings is 1. The molecule has 2 heterocycles. The summed E-state index contributed by atoms with van der Waals surface area (Å²) in [6.07, 6.45) is 4.39. The third-order valence-electron chi connectivity index (χ3n) is 5.11. The summed E-state index contributed by atoms with van der Waals surface area (Å²) in [7, 11) is 0. The Bertz CT molecular complexity index is 1050. The molecule has 7 heteroatoms. The van der Waals surface area contributed by atoms with Gasteiger partial charge in [-0.2, -0.15) is 0 Å². The van der Waals surface area contributed by atoms with Crippen molar-refractivity contribution in [1.82, 2.24) is 9.55 Å². The number of aryl methyl sites for hydroxylation is 1. The van der Waals surface area contributed by atoms with E-state index in [1.165, 1.54) is 36.0 Å². The molecule has 1 aliphatic heterocycles. The third-order valence-corrected chi connectivity index (χ3v) is 6.04. The highest BCUT2D eigenvalue weighted by Crippen LogP contribution is 2.34. The number of hydrogen-bond donors (Lipinski definition) is 1. The summed E-state index contributed by atoms with van der Waals surface area (Å²) in [5.74, 6) is 1.57. The normalized spacial score (nSPS) is 14.5. The summed E-state index contributed by atoms with van der Waals surface area (Å²) in [5.41, 5.74) is 4.24. The van der Waals surface area contributed by atoms with Gasteiger partial charge in [-0.25, -0.2) is 4.98 Å². The molecule has 2 aromatic carbocycles. The van der Waals surface area contributed by atoms with Gasteiger partial charge < -0.3 is 14.8 Å². The zero-order valence-electron chi connectivity index (χ0n) is 15.9. The van der Waals surface area contributed by atoms with Crippen LogP contribution in [0, 0.1) is 0 Å². The van der Waals surface area contributed by atoms with Crippen molar-refractivity contribution in [2.45, 2.75) is 30.8 Å². The van der Waals surface area contributed by atoms with Gasteiger partial charge in [0.15, 0.2) is 16.7 Å². The zero-order chi connectivity index (χ0) is 19.6. The molecule has 5 rings (SSSR count). The Hall–Kier alpha value is -2.93. The average Bonchev–Trinajstić information content (AvgIpc) is 3.36. The second-order valence-corrected chi connectivity index (χ2v) is 8.01. The van der Waals surface area contributed by atoms with Gasteiger partial charge in [-0.15, -0.1) is 0 Å². The number of thioether (sulfide) groups is 1. The largest absolute Gasteiger partial charge is 0.454 e. The molecule has 29 heavy (non-hydrogen) atoms. The fraction of sp³-hybridized carbons (Fsp3) is 0.273. The second-order valence-electron chi connectivity index (χ2n) is 7.07. The van der Waals surface area contributed by atoms with Gasteiger partial charge in [0, 0.05) is 23.1 Å². The van der Waals surface area contributed by atoms with Gasteiger partial charge in [0.25, 0.3) is 0 Å². The quantitative estimate of drug-likeness (QED) is 0.642. The number of fused-ring (bicyclic) bond motifs is 2. The lowest BCUT2D eigenvalue weighted by Crippen LogP contribution is -2.14. The molecule has 0 fully saturated rings. The minimum absolute atomic E-state index is 0.0746. The van der Waals surface area contributed by atoms with E-state index >= 15 is 0 Å². The zero-order valence-corrected chi connectivity index (χ0v) is 16.7. The number of nitrogens with zero attached hydrogens (tertiary/aromatic N) is 2. The topological polar surface area (TPSA) is 65.4 Å². The van der Waals surface area contributed by atoms with Crippen LogP contribution in [0.2, 0.25) is 0 Å². The van der Waals surface area contributed by atoms with Crippen molar-refractivity contribution in [3.05, 3.63) is 59.9 Å². The summed E-state index contributed by atoms with van der Waals surface area (Å²) >= 11 is 1.47. The number of carbonyl (C=O) groups excluding carboxylic acids is 1. The van der Waals surface area contributed by atoms with Crippen molar-refractivity contribution in [2.75, 3.05) is 17.9 Å². The number of aromatic nitrogens is 2. The number of para-hydroxylation sites is 1. The van der Waals surface area contributed by atoms with Crippen molar-refractivity contribution in [3.8, 4) is 17.2 Å². The maximum atomic E-state index is 12.5. The summed E-state index contributed by atoms with van der Waals surface area (Å²) < 4.78 is 12.9. The van der Waals surface area contributed by atoms with Gasteiger partial charge in [0.2, 0.25) is 12.7 Å². The lowest BCUT2D eigenvalue weighted by Gasteiger charge is -2.15. The van der Waals surface area contributed by atoms with Crippen molar-refractivity contribution >= 4 is 23.4 Å². The number of benzene rings is 2. The molecule has 0 saturated heterocycles. The Kier molecular flexibility index (Phi) is 4.89. The third kappa shape index (κ3) is 3.70. The van der Waals surface area contributed by atoms with Crippen molar-refractivity contribution < 1.29 is 14.3 Å². The predicted octanol–water partition coefficient (Wildman–Crippen LogP) is 4.21. The van der Waals surface area contributed by atoms with Gasteiger partial charge in [-0.1, -0.05) is 30.0 Å². The molecule has 0 saturated carbocycles. The molecule has 1 aliphatic carbocycles. The van der Waals surface area contributed by atoms with E-state index in [-0.39, 0.29) is 18.5 Å². The monoisotopic (exact) mass is 407 g/mol. The molecule has 0 atom stereocenters. The van der Waals surface area contributed by atoms with Crippen LogP contribution in [0.3, 0.4) is 0 Å². The summed E-state index contributed by atoms with van der Waals surface area (Å²) in [6.45, 7) is 0.218. The number of anilines is 1. The Morgan fingerprint density at radius 2 is 1.90 bits per heavy atom. The van der Waals surface area contributed by atoms with E-state index < -0.39 is 0 Å². The Balaban J connectivity index is 1.33. The van der Waals surface area contributed by atoms with Crippen LogP contribution >= 0.6 is 11.8 Å².